The molecule has 2 aromatic rings. The maximum absolute atomic E-state index is 12.5. The lowest BCUT2D eigenvalue weighted by Crippen LogP contribution is -2.13. The Labute approximate surface area is 123 Å². The molecule has 0 aliphatic carbocycles. The van der Waals surface area contributed by atoms with E-state index in [1.165, 1.54) is 30.7 Å². The highest BCUT2D eigenvalue weighted by atomic mass is 35.5. The Balaban J connectivity index is 2.20. The minimum absolute atomic E-state index is 0.0943. The third kappa shape index (κ3) is 3.88. The number of hydrogen-bond donors (Lipinski definition) is 0. The molecule has 0 N–H and O–H groups in total. The summed E-state index contributed by atoms with van der Waals surface area (Å²) in [6.45, 7) is 0. The second-order valence-electron chi connectivity index (χ2n) is 3.90. The van der Waals surface area contributed by atoms with Crippen molar-refractivity contribution < 1.29 is 13.2 Å². The summed E-state index contributed by atoms with van der Waals surface area (Å²) in [6.07, 6.45) is 0.631. The topological polar surface area (TPSA) is 54.3 Å². The number of hydrazone groups is 1. The molecule has 0 atom stereocenters. The molecule has 5 nitrogen and oxygen atoms in total. The van der Waals surface area contributed by atoms with Crippen LogP contribution in [0.2, 0.25) is 5.02 Å². The average molecular weight is 316 g/mol. The predicted octanol–water partition coefficient (Wildman–Crippen LogP) is 3.01. The van der Waals surface area contributed by atoms with Crippen LogP contribution in [0.1, 0.15) is 11.4 Å². The molecule has 0 saturated carbocycles. The molecule has 0 radical (unpaired) electrons. The van der Waals surface area contributed by atoms with Gasteiger partial charge >= 0.3 is 6.18 Å². The van der Waals surface area contributed by atoms with Gasteiger partial charge in [0.15, 0.2) is 11.6 Å². The first-order valence-corrected chi connectivity index (χ1v) is 6.03. The molecule has 2 aromatic heterocycles. The Morgan fingerprint density at radius 3 is 2.48 bits per heavy atom. The Hall–Kier alpha value is -2.22. The molecule has 0 aliphatic heterocycles. The maximum atomic E-state index is 12.5. The number of pyridine rings is 1. The number of anilines is 1. The van der Waals surface area contributed by atoms with Crippen LogP contribution < -0.4 is 5.01 Å². The van der Waals surface area contributed by atoms with Gasteiger partial charge < -0.3 is 0 Å². The van der Waals surface area contributed by atoms with Crippen molar-refractivity contribution in [1.82, 2.24) is 15.0 Å². The summed E-state index contributed by atoms with van der Waals surface area (Å²) >= 11 is 5.80. The molecule has 21 heavy (non-hydrogen) atoms. The van der Waals surface area contributed by atoms with E-state index in [1.54, 1.807) is 6.07 Å². The zero-order chi connectivity index (χ0) is 15.5. The smallest absolute Gasteiger partial charge is 0.250 e. The molecule has 0 amide bonds. The lowest BCUT2D eigenvalue weighted by Gasteiger charge is -2.14. The van der Waals surface area contributed by atoms with Gasteiger partial charge in [0.2, 0.25) is 0 Å². The van der Waals surface area contributed by atoms with E-state index in [0.29, 0.717) is 12.0 Å². The third-order valence-corrected chi connectivity index (χ3v) is 2.67. The quantitative estimate of drug-likeness (QED) is 0.645. The van der Waals surface area contributed by atoms with Gasteiger partial charge in [-0.2, -0.15) is 18.3 Å². The normalized spacial score (nSPS) is 11.9. The van der Waals surface area contributed by atoms with Gasteiger partial charge in [-0.15, -0.1) is 0 Å². The average Bonchev–Trinajstić information content (AvgIpc) is 2.45. The molecule has 0 bridgehead atoms. The van der Waals surface area contributed by atoms with E-state index in [4.69, 9.17) is 11.6 Å². The number of rotatable bonds is 3. The van der Waals surface area contributed by atoms with E-state index < -0.39 is 11.7 Å². The Kier molecular flexibility index (Phi) is 4.37. The second-order valence-corrected chi connectivity index (χ2v) is 4.31. The summed E-state index contributed by atoms with van der Waals surface area (Å²) in [5.41, 5.74) is -0.917. The van der Waals surface area contributed by atoms with Crippen molar-refractivity contribution in [2.45, 2.75) is 6.18 Å². The van der Waals surface area contributed by atoms with E-state index in [-0.39, 0.29) is 10.8 Å². The fourth-order valence-corrected chi connectivity index (χ4v) is 1.68. The van der Waals surface area contributed by atoms with Crippen molar-refractivity contribution in [2.75, 3.05) is 12.1 Å². The predicted molar refractivity (Wildman–Crippen MR) is 72.3 cm³/mol. The summed E-state index contributed by atoms with van der Waals surface area (Å²) in [4.78, 5) is 11.5. The van der Waals surface area contributed by atoms with Crippen molar-refractivity contribution in [3.05, 3.63) is 47.1 Å². The van der Waals surface area contributed by atoms with Crippen LogP contribution in [0.25, 0.3) is 0 Å². The molecule has 2 rings (SSSR count). The van der Waals surface area contributed by atoms with Crippen molar-refractivity contribution in [2.24, 2.45) is 5.10 Å². The standard InChI is InChI=1S/C12H9ClF3N5/c1-21(20-7-10-17-3-2-4-18-10)11-9(13)5-8(6-19-11)12(14,15)16/h2-7H,1H3/b20-7+. The number of halogens is 4. The summed E-state index contributed by atoms with van der Waals surface area (Å²) in [7, 11) is 1.50. The van der Waals surface area contributed by atoms with Gasteiger partial charge in [0.05, 0.1) is 16.8 Å². The minimum atomic E-state index is -4.49. The first kappa shape index (κ1) is 15.2. The zero-order valence-corrected chi connectivity index (χ0v) is 11.5. The first-order chi connectivity index (χ1) is 9.88. The van der Waals surface area contributed by atoms with Crippen molar-refractivity contribution in [1.29, 1.82) is 0 Å². The van der Waals surface area contributed by atoms with E-state index in [2.05, 4.69) is 20.1 Å². The molecule has 0 unspecified atom stereocenters. The molecule has 0 fully saturated rings. The highest BCUT2D eigenvalue weighted by Gasteiger charge is 2.31. The van der Waals surface area contributed by atoms with Crippen LogP contribution in [0.5, 0.6) is 0 Å². The Bertz CT molecular complexity index is 645. The molecule has 0 aromatic carbocycles. The molecular formula is C12H9ClF3N5. The van der Waals surface area contributed by atoms with Gasteiger partial charge in [0.25, 0.3) is 0 Å². The molecule has 110 valence electrons. The molecule has 0 spiro atoms. The van der Waals surface area contributed by atoms with Gasteiger partial charge in [-0.3, -0.25) is 0 Å². The fourth-order valence-electron chi connectivity index (χ4n) is 1.39. The zero-order valence-electron chi connectivity index (χ0n) is 10.7. The van der Waals surface area contributed by atoms with Crippen LogP contribution in [-0.2, 0) is 6.18 Å². The van der Waals surface area contributed by atoms with Crippen molar-refractivity contribution in [3.8, 4) is 0 Å². The number of hydrogen-bond acceptors (Lipinski definition) is 5. The number of alkyl halides is 3. The summed E-state index contributed by atoms with van der Waals surface area (Å²) < 4.78 is 37.5. The monoisotopic (exact) mass is 315 g/mol. The van der Waals surface area contributed by atoms with Crippen LogP contribution in [-0.4, -0.2) is 28.2 Å². The lowest BCUT2D eigenvalue weighted by molar-refractivity contribution is -0.137. The second kappa shape index (κ2) is 6.04. The summed E-state index contributed by atoms with van der Waals surface area (Å²) in [5.74, 6) is 0.448. The lowest BCUT2D eigenvalue weighted by atomic mass is 10.3. The van der Waals surface area contributed by atoms with E-state index in [9.17, 15) is 13.2 Å². The van der Waals surface area contributed by atoms with Gasteiger partial charge in [-0.25, -0.2) is 20.0 Å². The fraction of sp³-hybridized carbons (Fsp3) is 0.167. The van der Waals surface area contributed by atoms with Crippen LogP contribution in [0.4, 0.5) is 19.0 Å². The SMILES string of the molecule is CN(/N=C/c1ncccn1)c1ncc(C(F)(F)F)cc1Cl. The first-order valence-electron chi connectivity index (χ1n) is 5.65. The van der Waals surface area contributed by atoms with Crippen molar-refractivity contribution >= 4 is 23.6 Å². The van der Waals surface area contributed by atoms with Gasteiger partial charge in [0.1, 0.15) is 0 Å². The van der Waals surface area contributed by atoms with E-state index in [1.807, 2.05) is 0 Å². The van der Waals surface area contributed by atoms with E-state index >= 15 is 0 Å². The number of nitrogens with zero attached hydrogens (tertiary/aromatic N) is 5. The van der Waals surface area contributed by atoms with Gasteiger partial charge in [-0.1, -0.05) is 11.6 Å². The van der Waals surface area contributed by atoms with Crippen LogP contribution in [0, 0.1) is 0 Å². The minimum Gasteiger partial charge on any atom is -0.250 e. The highest BCUT2D eigenvalue weighted by Crippen LogP contribution is 2.33. The van der Waals surface area contributed by atoms with Crippen molar-refractivity contribution in [3.63, 3.8) is 0 Å². The van der Waals surface area contributed by atoms with Gasteiger partial charge in [-0.05, 0) is 12.1 Å². The third-order valence-electron chi connectivity index (χ3n) is 2.39. The number of aromatic nitrogens is 3. The van der Waals surface area contributed by atoms with Crippen LogP contribution in [0.3, 0.4) is 0 Å². The molecule has 9 heteroatoms. The Morgan fingerprint density at radius 1 is 1.24 bits per heavy atom. The van der Waals surface area contributed by atoms with Crippen LogP contribution >= 0.6 is 11.6 Å². The summed E-state index contributed by atoms with van der Waals surface area (Å²) in [6, 6.07) is 2.45. The van der Waals surface area contributed by atoms with E-state index in [0.717, 1.165) is 6.07 Å². The Morgan fingerprint density at radius 2 is 1.90 bits per heavy atom. The largest absolute Gasteiger partial charge is 0.417 e. The molecule has 0 aliphatic rings. The molecule has 0 saturated heterocycles. The molecule has 2 heterocycles. The van der Waals surface area contributed by atoms with Crippen LogP contribution in [0.15, 0.2) is 35.8 Å². The summed E-state index contributed by atoms with van der Waals surface area (Å²) in [5, 5.41) is 5.05. The maximum Gasteiger partial charge on any atom is 0.417 e. The highest BCUT2D eigenvalue weighted by molar-refractivity contribution is 6.33. The molecular weight excluding hydrogens is 307 g/mol. The van der Waals surface area contributed by atoms with Gasteiger partial charge in [0, 0.05) is 25.6 Å².